The van der Waals surface area contributed by atoms with Crippen molar-refractivity contribution < 1.29 is 38.5 Å². The molecular weight excluding hydrogens is 733 g/mol. The summed E-state index contributed by atoms with van der Waals surface area (Å²) >= 11 is 0. The van der Waals surface area contributed by atoms with E-state index in [0.717, 1.165) is 64.2 Å². The van der Waals surface area contributed by atoms with Crippen LogP contribution >= 0.6 is 0 Å². The zero-order chi connectivity index (χ0) is 42.6. The normalized spacial score (nSPS) is 11.2. The van der Waals surface area contributed by atoms with Crippen LogP contribution in [0.5, 0.6) is 0 Å². The molecule has 0 saturated heterocycles. The summed E-state index contributed by atoms with van der Waals surface area (Å²) in [4.78, 5) is 50.9. The quantitative estimate of drug-likeness (QED) is 0.0267. The van der Waals surface area contributed by atoms with E-state index in [1.54, 1.807) is 6.34 Å². The molecule has 0 amide bonds. The van der Waals surface area contributed by atoms with Crippen molar-refractivity contribution in [1.82, 2.24) is 5.32 Å². The molecule has 10 nitrogen and oxygen atoms in total. The van der Waals surface area contributed by atoms with Crippen molar-refractivity contribution in [3.63, 3.8) is 0 Å². The molecule has 0 aliphatic carbocycles. The number of nitrogens with zero attached hydrogens (tertiary/aromatic N) is 1. The van der Waals surface area contributed by atoms with E-state index in [0.29, 0.717) is 0 Å². The van der Waals surface area contributed by atoms with Gasteiger partial charge in [-0.15, -0.1) is 0 Å². The van der Waals surface area contributed by atoms with Crippen LogP contribution in [0.25, 0.3) is 11.1 Å². The summed E-state index contributed by atoms with van der Waals surface area (Å²) in [5.74, 6) is -2.65. The Balaban J connectivity index is 0.000000565. The van der Waals surface area contributed by atoms with E-state index in [1.165, 1.54) is 22.3 Å². The molecular formula is C48H68N2O8. The third-order valence-electron chi connectivity index (χ3n) is 8.68. The molecule has 0 aromatic heterocycles. The lowest BCUT2D eigenvalue weighted by Gasteiger charge is -2.18. The van der Waals surface area contributed by atoms with Gasteiger partial charge in [0.2, 0.25) is 0 Å². The summed E-state index contributed by atoms with van der Waals surface area (Å²) in [6, 6.07) is 29.4. The average Bonchev–Trinajstić information content (AvgIpc) is 3.25. The predicted molar refractivity (Wildman–Crippen MR) is 233 cm³/mol. The van der Waals surface area contributed by atoms with Crippen LogP contribution in [0.3, 0.4) is 0 Å². The molecule has 0 fully saturated rings. The Kier molecular flexibility index (Phi) is 29.6. The number of hydrogen-bond donors (Lipinski definition) is 2. The Bertz CT molecular complexity index is 1550. The van der Waals surface area contributed by atoms with Gasteiger partial charge in [-0.3, -0.25) is 24.2 Å². The number of esters is 3. The number of aliphatic imine (C=N–C) groups is 1. The van der Waals surface area contributed by atoms with Gasteiger partial charge in [0.25, 0.3) is 0 Å². The van der Waals surface area contributed by atoms with Gasteiger partial charge in [-0.1, -0.05) is 170 Å². The third kappa shape index (κ3) is 24.4. The van der Waals surface area contributed by atoms with Crippen LogP contribution in [0.2, 0.25) is 0 Å². The first kappa shape index (κ1) is 50.8. The van der Waals surface area contributed by atoms with Gasteiger partial charge in [0, 0.05) is 12.8 Å². The van der Waals surface area contributed by atoms with E-state index in [4.69, 9.17) is 24.3 Å². The molecule has 0 bridgehead atoms. The van der Waals surface area contributed by atoms with Crippen molar-refractivity contribution in [2.24, 2.45) is 4.99 Å². The molecule has 0 radical (unpaired) electrons. The summed E-state index contributed by atoms with van der Waals surface area (Å²) in [5.41, 5.74) is 4.79. The predicted octanol–water partition coefficient (Wildman–Crippen LogP) is 11.2. The molecule has 58 heavy (non-hydrogen) atoms. The number of carboxylic acid groups (broad SMARTS) is 1. The standard InChI is InChI=1S/C23H22N2.C23H40O8.C2H6/c1-2-17-24-18-25-23(21-11-7-4-8-12-21)22-15-13-20(14-16-22)19-9-5-3-6-10-19;1-3-5-7-9-11-13-21(26)29-17-19(31-23(28)16-15-20(24)25)18-30-22(27)14-12-10-8-6-4-2;1-2/h2-18,23H,1H3,(H,24,25);19H,3-18H2,1-2H3,(H,24,25);1-2H3/b17-2-;;. The number of rotatable bonds is 26. The number of unbranched alkanes of at least 4 members (excludes halogenated alkanes) is 8. The van der Waals surface area contributed by atoms with E-state index < -0.39 is 30.0 Å². The molecule has 0 saturated carbocycles. The SMILES string of the molecule is C/C=C\NC=NC(c1ccccc1)c1ccc(-c2ccccc2)cc1.CC.CCCCCCCC(=O)OCC(COC(=O)CCCCCCC)OC(=O)CCC(=O)O. The number of carbonyl (C=O) groups is 4. The van der Waals surface area contributed by atoms with E-state index in [9.17, 15) is 19.2 Å². The van der Waals surface area contributed by atoms with Crippen molar-refractivity contribution in [1.29, 1.82) is 0 Å². The molecule has 0 spiro atoms. The van der Waals surface area contributed by atoms with E-state index >= 15 is 0 Å². The lowest BCUT2D eigenvalue weighted by molar-refractivity contribution is -0.167. The molecule has 318 valence electrons. The van der Waals surface area contributed by atoms with Gasteiger partial charge in [-0.25, -0.2) is 0 Å². The molecule has 1 atom stereocenters. The Labute approximate surface area is 347 Å². The number of allylic oxidation sites excluding steroid dienone is 1. The van der Waals surface area contributed by atoms with Gasteiger partial charge >= 0.3 is 23.9 Å². The minimum Gasteiger partial charge on any atom is -0.481 e. The Hall–Kier alpha value is -5.25. The highest BCUT2D eigenvalue weighted by Crippen LogP contribution is 2.28. The zero-order valence-electron chi connectivity index (χ0n) is 35.5. The minimum absolute atomic E-state index is 0.0243. The molecule has 0 aliphatic heterocycles. The molecule has 3 rings (SSSR count). The highest BCUT2D eigenvalue weighted by atomic mass is 16.6. The van der Waals surface area contributed by atoms with Gasteiger partial charge < -0.3 is 24.6 Å². The molecule has 3 aromatic carbocycles. The number of carboxylic acids is 1. The summed E-state index contributed by atoms with van der Waals surface area (Å²) in [6.45, 7) is 9.75. The Morgan fingerprint density at radius 2 is 1.10 bits per heavy atom. The van der Waals surface area contributed by atoms with Crippen molar-refractivity contribution in [3.05, 3.63) is 108 Å². The number of ether oxygens (including phenoxy) is 3. The number of benzene rings is 3. The summed E-state index contributed by atoms with van der Waals surface area (Å²) < 4.78 is 15.5. The van der Waals surface area contributed by atoms with Crippen molar-refractivity contribution in [3.8, 4) is 11.1 Å². The van der Waals surface area contributed by atoms with E-state index in [1.807, 2.05) is 45.2 Å². The first-order valence-corrected chi connectivity index (χ1v) is 21.1. The summed E-state index contributed by atoms with van der Waals surface area (Å²) in [5, 5.41) is 11.7. The van der Waals surface area contributed by atoms with Crippen LogP contribution in [0.15, 0.2) is 102 Å². The highest BCUT2D eigenvalue weighted by molar-refractivity contribution is 5.76. The monoisotopic (exact) mass is 800 g/mol. The smallest absolute Gasteiger partial charge is 0.306 e. The fourth-order valence-electron chi connectivity index (χ4n) is 5.58. The van der Waals surface area contributed by atoms with E-state index in [2.05, 4.69) is 92.0 Å². The van der Waals surface area contributed by atoms with Crippen LogP contribution < -0.4 is 5.32 Å². The lowest BCUT2D eigenvalue weighted by Crippen LogP contribution is -2.31. The number of hydrogen-bond acceptors (Lipinski definition) is 8. The fraction of sp³-hybridized carbons (Fsp3) is 0.479. The van der Waals surface area contributed by atoms with E-state index in [-0.39, 0.29) is 44.9 Å². The lowest BCUT2D eigenvalue weighted by atomic mass is 9.96. The van der Waals surface area contributed by atoms with Gasteiger partial charge in [0.05, 0.1) is 19.2 Å². The second kappa shape index (κ2) is 33.8. The van der Waals surface area contributed by atoms with Crippen LogP contribution in [0.4, 0.5) is 0 Å². The molecule has 0 heterocycles. The molecule has 2 N–H and O–H groups in total. The van der Waals surface area contributed by atoms with Crippen molar-refractivity contribution in [2.45, 2.75) is 137 Å². The highest BCUT2D eigenvalue weighted by Gasteiger charge is 2.20. The Morgan fingerprint density at radius 3 is 1.60 bits per heavy atom. The van der Waals surface area contributed by atoms with Gasteiger partial charge in [-0.05, 0) is 48.2 Å². The second-order valence-electron chi connectivity index (χ2n) is 13.4. The van der Waals surface area contributed by atoms with Crippen LogP contribution in [0, 0.1) is 0 Å². The first-order chi connectivity index (χ1) is 28.3. The maximum absolute atomic E-state index is 11.9. The number of aliphatic carboxylic acids is 1. The van der Waals surface area contributed by atoms with Gasteiger partial charge in [-0.2, -0.15) is 0 Å². The second-order valence-corrected chi connectivity index (χ2v) is 13.4. The first-order valence-electron chi connectivity index (χ1n) is 21.1. The average molecular weight is 801 g/mol. The van der Waals surface area contributed by atoms with Crippen molar-refractivity contribution in [2.75, 3.05) is 13.2 Å². The van der Waals surface area contributed by atoms with Crippen LogP contribution in [0.1, 0.15) is 142 Å². The topological polar surface area (TPSA) is 141 Å². The molecule has 3 aromatic rings. The largest absolute Gasteiger partial charge is 0.481 e. The number of carbonyl (C=O) groups excluding carboxylic acids is 3. The van der Waals surface area contributed by atoms with Gasteiger partial charge in [0.15, 0.2) is 6.10 Å². The minimum atomic E-state index is -1.11. The van der Waals surface area contributed by atoms with Crippen LogP contribution in [-0.4, -0.2) is 54.6 Å². The molecule has 1 unspecified atom stereocenters. The summed E-state index contributed by atoms with van der Waals surface area (Å²) in [7, 11) is 0. The van der Waals surface area contributed by atoms with Crippen molar-refractivity contribution >= 4 is 30.2 Å². The molecule has 0 aliphatic rings. The third-order valence-corrected chi connectivity index (χ3v) is 8.68. The summed E-state index contributed by atoms with van der Waals surface area (Å²) in [6.07, 6.45) is 14.5. The van der Waals surface area contributed by atoms with Gasteiger partial charge in [0.1, 0.15) is 19.3 Å². The van der Waals surface area contributed by atoms with Crippen LogP contribution in [-0.2, 0) is 33.4 Å². The maximum Gasteiger partial charge on any atom is 0.306 e. The number of nitrogens with one attached hydrogen (secondary N) is 1. The Morgan fingerprint density at radius 1 is 0.621 bits per heavy atom. The fourth-order valence-corrected chi connectivity index (χ4v) is 5.58. The maximum atomic E-state index is 11.9. The zero-order valence-corrected chi connectivity index (χ0v) is 35.5. The molecule has 10 heteroatoms.